The number of hydrogen-bond acceptors (Lipinski definition) is 4. The van der Waals surface area contributed by atoms with Gasteiger partial charge in [-0.05, 0) is 32.9 Å². The molecule has 2 rings (SSSR count). The molecule has 1 aliphatic heterocycles. The van der Waals surface area contributed by atoms with Crippen LogP contribution in [0.25, 0.3) is 0 Å². The van der Waals surface area contributed by atoms with E-state index < -0.39 is 17.4 Å². The van der Waals surface area contributed by atoms with Gasteiger partial charge in [0.05, 0.1) is 6.04 Å². The number of likely N-dealkylation sites (N-methyl/N-ethyl adjacent to an activating group) is 1. The number of carbonyl (C=O) groups is 3. The lowest BCUT2D eigenvalue weighted by atomic mass is 10.0. The quantitative estimate of drug-likeness (QED) is 0.740. The molecular formula is C13H21N3O3. The van der Waals surface area contributed by atoms with Gasteiger partial charge >= 0.3 is 6.03 Å². The second-order valence-corrected chi connectivity index (χ2v) is 5.35. The average molecular weight is 267 g/mol. The van der Waals surface area contributed by atoms with Gasteiger partial charge < -0.3 is 4.90 Å². The highest BCUT2D eigenvalue weighted by Crippen LogP contribution is 2.49. The van der Waals surface area contributed by atoms with Crippen LogP contribution in [0.3, 0.4) is 0 Å². The zero-order valence-electron chi connectivity index (χ0n) is 11.7. The summed E-state index contributed by atoms with van der Waals surface area (Å²) in [4.78, 5) is 39.3. The summed E-state index contributed by atoms with van der Waals surface area (Å²) >= 11 is 0. The van der Waals surface area contributed by atoms with E-state index in [0.717, 1.165) is 13.1 Å². The van der Waals surface area contributed by atoms with Crippen LogP contribution in [0.4, 0.5) is 4.79 Å². The van der Waals surface area contributed by atoms with E-state index in [-0.39, 0.29) is 11.9 Å². The third-order valence-corrected chi connectivity index (χ3v) is 4.11. The molecule has 1 heterocycles. The Balaban J connectivity index is 2.12. The first-order valence-electron chi connectivity index (χ1n) is 6.87. The van der Waals surface area contributed by atoms with Gasteiger partial charge in [0.15, 0.2) is 0 Å². The van der Waals surface area contributed by atoms with Crippen molar-refractivity contribution in [3.8, 4) is 0 Å². The Labute approximate surface area is 113 Å². The van der Waals surface area contributed by atoms with Crippen molar-refractivity contribution in [2.24, 2.45) is 5.41 Å². The Morgan fingerprint density at radius 2 is 1.84 bits per heavy atom. The Hall–Kier alpha value is -1.43. The third kappa shape index (κ3) is 2.25. The predicted octanol–water partition coefficient (Wildman–Crippen LogP) is 0.575. The van der Waals surface area contributed by atoms with Crippen LogP contribution in [-0.2, 0) is 9.59 Å². The van der Waals surface area contributed by atoms with E-state index >= 15 is 0 Å². The number of imide groups is 2. The zero-order valence-corrected chi connectivity index (χ0v) is 11.7. The van der Waals surface area contributed by atoms with Crippen molar-refractivity contribution in [3.05, 3.63) is 0 Å². The second kappa shape index (κ2) is 4.92. The summed E-state index contributed by atoms with van der Waals surface area (Å²) < 4.78 is 0. The van der Waals surface area contributed by atoms with E-state index in [0.29, 0.717) is 19.4 Å². The summed E-state index contributed by atoms with van der Waals surface area (Å²) in [6.07, 6.45) is 1.11. The van der Waals surface area contributed by atoms with Crippen LogP contribution in [0.15, 0.2) is 0 Å². The molecule has 2 fully saturated rings. The summed E-state index contributed by atoms with van der Waals surface area (Å²) in [6.45, 7) is 8.31. The molecule has 1 N–H and O–H groups in total. The molecule has 0 aromatic rings. The molecule has 1 saturated carbocycles. The summed E-state index contributed by atoms with van der Waals surface area (Å²) in [5.41, 5.74) is -0.939. The normalized spacial score (nSPS) is 22.9. The Morgan fingerprint density at radius 1 is 1.26 bits per heavy atom. The van der Waals surface area contributed by atoms with Gasteiger partial charge in [-0.15, -0.1) is 0 Å². The fraction of sp³-hybridized carbons (Fsp3) is 0.769. The maximum absolute atomic E-state index is 12.4. The molecule has 1 saturated heterocycles. The molecule has 4 amide bonds. The highest BCUT2D eigenvalue weighted by Gasteiger charge is 2.62. The highest BCUT2D eigenvalue weighted by atomic mass is 16.2. The van der Waals surface area contributed by atoms with Crippen LogP contribution in [0.1, 0.15) is 33.6 Å². The number of carbonyl (C=O) groups excluding carboxylic acids is 3. The van der Waals surface area contributed by atoms with Crippen LogP contribution >= 0.6 is 0 Å². The fourth-order valence-corrected chi connectivity index (χ4v) is 2.60. The number of nitrogens with one attached hydrogen (secondary N) is 1. The number of urea groups is 1. The Bertz CT molecular complexity index is 413. The molecule has 0 bridgehead atoms. The molecule has 0 aromatic heterocycles. The minimum absolute atomic E-state index is 0.224. The van der Waals surface area contributed by atoms with Gasteiger partial charge in [0, 0.05) is 6.54 Å². The average Bonchev–Trinajstić information content (AvgIpc) is 3.15. The number of hydrogen-bond donors (Lipinski definition) is 1. The lowest BCUT2D eigenvalue weighted by Crippen LogP contribution is -2.62. The van der Waals surface area contributed by atoms with E-state index in [1.807, 2.05) is 20.8 Å². The molecule has 1 atom stereocenters. The fourth-order valence-electron chi connectivity index (χ4n) is 2.60. The second-order valence-electron chi connectivity index (χ2n) is 5.35. The molecule has 1 spiro atoms. The van der Waals surface area contributed by atoms with Crippen molar-refractivity contribution in [2.75, 3.05) is 19.6 Å². The van der Waals surface area contributed by atoms with Crippen LogP contribution < -0.4 is 5.32 Å². The Kier molecular flexibility index (Phi) is 3.62. The molecule has 1 unspecified atom stereocenters. The molecule has 19 heavy (non-hydrogen) atoms. The van der Waals surface area contributed by atoms with E-state index in [4.69, 9.17) is 0 Å². The highest BCUT2D eigenvalue weighted by molar-refractivity contribution is 6.21. The molecule has 6 heteroatoms. The molecule has 2 aliphatic rings. The number of rotatable bonds is 5. The van der Waals surface area contributed by atoms with Gasteiger partial charge in [-0.2, -0.15) is 0 Å². The van der Waals surface area contributed by atoms with Gasteiger partial charge in [0.25, 0.3) is 0 Å². The van der Waals surface area contributed by atoms with Gasteiger partial charge in [-0.3, -0.25) is 19.8 Å². The first kappa shape index (κ1) is 14.0. The summed E-state index contributed by atoms with van der Waals surface area (Å²) in [7, 11) is 0. The largest absolute Gasteiger partial charge is 0.331 e. The van der Waals surface area contributed by atoms with Crippen molar-refractivity contribution in [3.63, 3.8) is 0 Å². The van der Waals surface area contributed by atoms with Crippen molar-refractivity contribution < 1.29 is 14.4 Å². The van der Waals surface area contributed by atoms with E-state index in [9.17, 15) is 14.4 Å². The van der Waals surface area contributed by atoms with Crippen LogP contribution in [-0.4, -0.2) is 53.3 Å². The lowest BCUT2D eigenvalue weighted by Gasteiger charge is -2.36. The predicted molar refractivity (Wildman–Crippen MR) is 69.3 cm³/mol. The minimum atomic E-state index is -0.939. The van der Waals surface area contributed by atoms with Crippen LogP contribution in [0, 0.1) is 5.41 Å². The topological polar surface area (TPSA) is 69.7 Å². The third-order valence-electron chi connectivity index (χ3n) is 4.11. The van der Waals surface area contributed by atoms with Gasteiger partial charge in [0.1, 0.15) is 5.41 Å². The monoisotopic (exact) mass is 267 g/mol. The first-order chi connectivity index (χ1) is 8.96. The zero-order chi connectivity index (χ0) is 14.2. The number of nitrogens with zero attached hydrogens (tertiary/aromatic N) is 2. The molecule has 0 aromatic carbocycles. The van der Waals surface area contributed by atoms with Crippen LogP contribution in [0.5, 0.6) is 0 Å². The standard InChI is InChI=1S/C13H21N3O3/c1-4-15(5-2)8-9(3)16-11(18)13(6-7-13)10(17)14-12(16)19/h9H,4-8H2,1-3H3,(H,14,17,19). The van der Waals surface area contributed by atoms with Crippen molar-refractivity contribution in [2.45, 2.75) is 39.7 Å². The van der Waals surface area contributed by atoms with E-state index in [1.54, 1.807) is 0 Å². The van der Waals surface area contributed by atoms with Crippen LogP contribution in [0.2, 0.25) is 0 Å². The summed E-state index contributed by atoms with van der Waals surface area (Å²) in [6, 6.07) is -0.801. The van der Waals surface area contributed by atoms with Crippen molar-refractivity contribution >= 4 is 17.8 Å². The smallest absolute Gasteiger partial charge is 0.302 e. The minimum Gasteiger partial charge on any atom is -0.302 e. The maximum atomic E-state index is 12.4. The number of barbiturate groups is 1. The van der Waals surface area contributed by atoms with Crippen molar-refractivity contribution in [1.82, 2.24) is 15.1 Å². The summed E-state index contributed by atoms with van der Waals surface area (Å²) in [5.74, 6) is -0.741. The molecule has 106 valence electrons. The lowest BCUT2D eigenvalue weighted by molar-refractivity contribution is -0.146. The summed E-state index contributed by atoms with van der Waals surface area (Å²) in [5, 5.41) is 2.31. The SMILES string of the molecule is CCN(CC)CC(C)N1C(=O)NC(=O)C2(CC2)C1=O. The molecule has 0 radical (unpaired) electrons. The van der Waals surface area contributed by atoms with Gasteiger partial charge in [0.2, 0.25) is 11.8 Å². The number of amides is 4. The van der Waals surface area contributed by atoms with E-state index in [2.05, 4.69) is 10.2 Å². The van der Waals surface area contributed by atoms with E-state index in [1.165, 1.54) is 4.90 Å². The van der Waals surface area contributed by atoms with Gasteiger partial charge in [-0.25, -0.2) is 4.79 Å². The molecular weight excluding hydrogens is 246 g/mol. The first-order valence-corrected chi connectivity index (χ1v) is 6.87. The molecule has 1 aliphatic carbocycles. The van der Waals surface area contributed by atoms with Crippen molar-refractivity contribution in [1.29, 1.82) is 0 Å². The maximum Gasteiger partial charge on any atom is 0.331 e. The Morgan fingerprint density at radius 3 is 2.32 bits per heavy atom. The molecule has 6 nitrogen and oxygen atoms in total. The van der Waals surface area contributed by atoms with Gasteiger partial charge in [-0.1, -0.05) is 13.8 Å².